The second-order valence-electron chi connectivity index (χ2n) is 6.79. The summed E-state index contributed by atoms with van der Waals surface area (Å²) in [6.07, 6.45) is 3.28. The fraction of sp³-hybridized carbons (Fsp3) is 0.474. The van der Waals surface area contributed by atoms with Crippen LogP contribution in [0.25, 0.3) is 5.69 Å². The van der Waals surface area contributed by atoms with Crippen molar-refractivity contribution in [1.82, 2.24) is 19.4 Å². The van der Waals surface area contributed by atoms with Gasteiger partial charge in [0.05, 0.1) is 28.9 Å². The Morgan fingerprint density at radius 3 is 2.43 bits per heavy atom. The quantitative estimate of drug-likeness (QED) is 0.794. The molecule has 0 radical (unpaired) electrons. The molecule has 2 aromatic rings. The average Bonchev–Trinajstić information content (AvgIpc) is 3.13. The standard InChI is InChI=1S/C19H25FN4O3S/c1-3-18-17(13-21-24(18)16-7-5-14(20)6-8-16)19(25)22-15-9-11-23(12-10-15)28(26,27)4-2/h5-8,13,15H,3-4,9-12H2,1-2H3,(H,22,25). The molecule has 1 aromatic carbocycles. The van der Waals surface area contributed by atoms with Crippen molar-refractivity contribution in [2.45, 2.75) is 39.2 Å². The molecule has 0 spiro atoms. The van der Waals surface area contributed by atoms with Crippen molar-refractivity contribution in [2.75, 3.05) is 18.8 Å². The number of nitrogens with one attached hydrogen (secondary N) is 1. The Morgan fingerprint density at radius 2 is 1.86 bits per heavy atom. The number of aromatic nitrogens is 2. The Balaban J connectivity index is 1.69. The predicted molar refractivity (Wildman–Crippen MR) is 104 cm³/mol. The summed E-state index contributed by atoms with van der Waals surface area (Å²) in [7, 11) is -3.19. The van der Waals surface area contributed by atoms with Crippen molar-refractivity contribution in [2.24, 2.45) is 0 Å². The maximum absolute atomic E-state index is 13.2. The number of amides is 1. The highest BCUT2D eigenvalue weighted by atomic mass is 32.2. The van der Waals surface area contributed by atoms with Crippen LogP contribution in [-0.2, 0) is 16.4 Å². The fourth-order valence-corrected chi connectivity index (χ4v) is 4.56. The van der Waals surface area contributed by atoms with Crippen molar-refractivity contribution < 1.29 is 17.6 Å². The number of benzene rings is 1. The van der Waals surface area contributed by atoms with Crippen molar-refractivity contribution in [3.05, 3.63) is 47.5 Å². The minimum absolute atomic E-state index is 0.0744. The van der Waals surface area contributed by atoms with E-state index >= 15 is 0 Å². The van der Waals surface area contributed by atoms with E-state index in [9.17, 15) is 17.6 Å². The van der Waals surface area contributed by atoms with E-state index in [0.29, 0.717) is 43.6 Å². The minimum atomic E-state index is -3.19. The molecule has 1 N–H and O–H groups in total. The van der Waals surface area contributed by atoms with Gasteiger partial charge < -0.3 is 5.32 Å². The Hall–Kier alpha value is -2.26. The van der Waals surface area contributed by atoms with E-state index < -0.39 is 10.0 Å². The number of sulfonamides is 1. The molecular weight excluding hydrogens is 383 g/mol. The molecule has 2 heterocycles. The average molecular weight is 408 g/mol. The summed E-state index contributed by atoms with van der Waals surface area (Å²) in [5, 5.41) is 7.30. The zero-order chi connectivity index (χ0) is 20.3. The lowest BCUT2D eigenvalue weighted by molar-refractivity contribution is 0.0923. The summed E-state index contributed by atoms with van der Waals surface area (Å²) in [6, 6.07) is 5.87. The lowest BCUT2D eigenvalue weighted by atomic mass is 10.1. The van der Waals surface area contributed by atoms with Crippen molar-refractivity contribution >= 4 is 15.9 Å². The van der Waals surface area contributed by atoms with E-state index in [1.54, 1.807) is 23.7 Å². The molecule has 0 saturated carbocycles. The third-order valence-electron chi connectivity index (χ3n) is 5.07. The van der Waals surface area contributed by atoms with Gasteiger partial charge in [0.2, 0.25) is 10.0 Å². The topological polar surface area (TPSA) is 84.3 Å². The molecule has 0 atom stereocenters. The monoisotopic (exact) mass is 408 g/mol. The number of carbonyl (C=O) groups is 1. The smallest absolute Gasteiger partial charge is 0.254 e. The Morgan fingerprint density at radius 1 is 1.21 bits per heavy atom. The molecule has 3 rings (SSSR count). The van der Waals surface area contributed by atoms with Gasteiger partial charge in [0.25, 0.3) is 5.91 Å². The molecule has 1 aliphatic rings. The van der Waals surface area contributed by atoms with E-state index in [0.717, 1.165) is 5.69 Å². The molecule has 1 saturated heterocycles. The van der Waals surface area contributed by atoms with Crippen LogP contribution in [0.2, 0.25) is 0 Å². The molecule has 0 bridgehead atoms. The van der Waals surface area contributed by atoms with E-state index in [1.807, 2.05) is 6.92 Å². The highest BCUT2D eigenvalue weighted by Gasteiger charge is 2.28. The van der Waals surface area contributed by atoms with Gasteiger partial charge in [0, 0.05) is 19.1 Å². The zero-order valence-electron chi connectivity index (χ0n) is 16.1. The molecule has 1 amide bonds. The minimum Gasteiger partial charge on any atom is -0.349 e. The van der Waals surface area contributed by atoms with Crippen molar-refractivity contribution in [1.29, 1.82) is 0 Å². The van der Waals surface area contributed by atoms with Gasteiger partial charge in [-0.1, -0.05) is 6.92 Å². The summed E-state index contributed by atoms with van der Waals surface area (Å²) in [6.45, 7) is 4.39. The second kappa shape index (κ2) is 8.40. The number of rotatable bonds is 6. The van der Waals surface area contributed by atoms with Gasteiger partial charge in [-0.15, -0.1) is 0 Å². The molecule has 1 aromatic heterocycles. The fourth-order valence-electron chi connectivity index (χ4n) is 3.43. The van der Waals surface area contributed by atoms with Crippen molar-refractivity contribution in [3.63, 3.8) is 0 Å². The highest BCUT2D eigenvalue weighted by molar-refractivity contribution is 7.89. The Labute approximate surface area is 164 Å². The molecule has 28 heavy (non-hydrogen) atoms. The molecule has 9 heteroatoms. The van der Waals surface area contributed by atoms with Gasteiger partial charge in [-0.3, -0.25) is 4.79 Å². The molecule has 0 unspecified atom stereocenters. The third-order valence-corrected chi connectivity index (χ3v) is 6.95. The van der Waals surface area contributed by atoms with Crippen LogP contribution in [0.1, 0.15) is 42.7 Å². The second-order valence-corrected chi connectivity index (χ2v) is 9.05. The first kappa shape index (κ1) is 20.5. The molecule has 7 nitrogen and oxygen atoms in total. The summed E-state index contributed by atoms with van der Waals surface area (Å²) < 4.78 is 40.2. The van der Waals surface area contributed by atoms with Gasteiger partial charge >= 0.3 is 0 Å². The number of nitrogens with zero attached hydrogens (tertiary/aromatic N) is 3. The summed E-state index contributed by atoms with van der Waals surface area (Å²) in [5.41, 5.74) is 1.92. The molecule has 0 aliphatic carbocycles. The zero-order valence-corrected chi connectivity index (χ0v) is 16.9. The van der Waals surface area contributed by atoms with E-state index in [-0.39, 0.29) is 23.5 Å². The summed E-state index contributed by atoms with van der Waals surface area (Å²) in [5.74, 6) is -0.461. The molecule has 1 aliphatic heterocycles. The van der Waals surface area contributed by atoms with Crippen molar-refractivity contribution in [3.8, 4) is 5.69 Å². The highest BCUT2D eigenvalue weighted by Crippen LogP contribution is 2.18. The summed E-state index contributed by atoms with van der Waals surface area (Å²) in [4.78, 5) is 12.8. The molecular formula is C19H25FN4O3S. The lowest BCUT2D eigenvalue weighted by Crippen LogP contribution is -2.47. The maximum Gasteiger partial charge on any atom is 0.254 e. The number of hydrogen-bond acceptors (Lipinski definition) is 4. The number of piperidine rings is 1. The Bertz CT molecular complexity index is 933. The maximum atomic E-state index is 13.2. The Kier molecular flexibility index (Phi) is 6.14. The van der Waals surface area contributed by atoms with Gasteiger partial charge in [-0.25, -0.2) is 21.8 Å². The van der Waals surface area contributed by atoms with Gasteiger partial charge in [0.1, 0.15) is 5.82 Å². The first-order chi connectivity index (χ1) is 13.4. The SMILES string of the molecule is CCc1c(C(=O)NC2CCN(S(=O)(=O)CC)CC2)cnn1-c1ccc(F)cc1. The van der Waals surface area contributed by atoms with Crippen LogP contribution in [0.5, 0.6) is 0 Å². The normalized spacial score (nSPS) is 16.2. The third kappa shape index (κ3) is 4.25. The van der Waals surface area contributed by atoms with E-state index in [2.05, 4.69) is 10.4 Å². The van der Waals surface area contributed by atoms with Crippen LogP contribution in [-0.4, -0.2) is 53.3 Å². The van der Waals surface area contributed by atoms with Gasteiger partial charge in [-0.05, 0) is 50.5 Å². The van der Waals surface area contributed by atoms with Crippen LogP contribution >= 0.6 is 0 Å². The molecule has 152 valence electrons. The lowest BCUT2D eigenvalue weighted by Gasteiger charge is -2.31. The summed E-state index contributed by atoms with van der Waals surface area (Å²) >= 11 is 0. The van der Waals surface area contributed by atoms with Gasteiger partial charge in [0.15, 0.2) is 0 Å². The molecule has 1 fully saturated rings. The largest absolute Gasteiger partial charge is 0.349 e. The van der Waals surface area contributed by atoms with E-state index in [4.69, 9.17) is 0 Å². The van der Waals surface area contributed by atoms with Crippen LogP contribution in [0.4, 0.5) is 4.39 Å². The predicted octanol–water partition coefficient (Wildman–Crippen LogP) is 2.12. The number of carbonyl (C=O) groups excluding carboxylic acids is 1. The van der Waals surface area contributed by atoms with Crippen LogP contribution in [0, 0.1) is 5.82 Å². The van der Waals surface area contributed by atoms with Crippen LogP contribution in [0.15, 0.2) is 30.5 Å². The van der Waals surface area contributed by atoms with E-state index in [1.165, 1.54) is 22.6 Å². The van der Waals surface area contributed by atoms with Crippen LogP contribution < -0.4 is 5.32 Å². The first-order valence-corrected chi connectivity index (χ1v) is 11.1. The first-order valence-electron chi connectivity index (χ1n) is 9.47. The number of halogens is 1. The van der Waals surface area contributed by atoms with Crippen LogP contribution in [0.3, 0.4) is 0 Å². The number of hydrogen-bond donors (Lipinski definition) is 1. The van der Waals surface area contributed by atoms with Gasteiger partial charge in [-0.2, -0.15) is 5.10 Å².